The molecule has 0 bridgehead atoms. The van der Waals surface area contributed by atoms with Crippen molar-refractivity contribution in [2.45, 2.75) is 31.7 Å². The molecule has 0 unspecified atom stereocenters. The molecule has 1 aromatic heterocycles. The number of anilines is 2. The average Bonchev–Trinajstić information content (AvgIpc) is 3.27. The molecular weight excluding hydrogens is 486 g/mol. The van der Waals surface area contributed by atoms with Crippen molar-refractivity contribution >= 4 is 34.2 Å². The number of piperidine rings is 1. The predicted octanol–water partition coefficient (Wildman–Crippen LogP) is 4.18. The first-order valence-corrected chi connectivity index (χ1v) is 13.6. The number of hydrogen-bond acceptors (Lipinski definition) is 5. The molecule has 2 heterocycles. The number of carbonyl (C=O) groups excluding carboxylic acids is 1. The molecule has 1 aliphatic heterocycles. The highest BCUT2D eigenvalue weighted by molar-refractivity contribution is 5.96. The largest absolute Gasteiger partial charge is 0.384 e. The number of nitrogens with one attached hydrogen (secondary N) is 2. The number of para-hydroxylation sites is 1. The van der Waals surface area contributed by atoms with E-state index in [0.29, 0.717) is 12.6 Å². The van der Waals surface area contributed by atoms with E-state index >= 15 is 0 Å². The summed E-state index contributed by atoms with van der Waals surface area (Å²) in [4.78, 5) is 22.0. The highest BCUT2D eigenvalue weighted by Crippen LogP contribution is 2.23. The number of fused-ring (bicyclic) bond motifs is 1. The minimum absolute atomic E-state index is 0.0804. The van der Waals surface area contributed by atoms with E-state index in [1.807, 2.05) is 74.8 Å². The Morgan fingerprint density at radius 3 is 2.46 bits per heavy atom. The van der Waals surface area contributed by atoms with Crippen LogP contribution in [0.1, 0.15) is 29.8 Å². The molecule has 0 saturated carbocycles. The monoisotopic (exact) mass is 523 g/mol. The average molecular weight is 524 g/mol. The van der Waals surface area contributed by atoms with Crippen LogP contribution in [0, 0.1) is 5.41 Å². The summed E-state index contributed by atoms with van der Waals surface area (Å²) < 4.78 is 2.12. The highest BCUT2D eigenvalue weighted by Gasteiger charge is 2.23. The van der Waals surface area contributed by atoms with Crippen molar-refractivity contribution in [3.8, 4) is 0 Å². The van der Waals surface area contributed by atoms with E-state index in [9.17, 15) is 4.79 Å². The zero-order chi connectivity index (χ0) is 27.4. The normalized spacial score (nSPS) is 14.4. The molecule has 39 heavy (non-hydrogen) atoms. The van der Waals surface area contributed by atoms with Crippen molar-refractivity contribution in [2.75, 3.05) is 36.9 Å². The number of rotatable bonds is 9. The van der Waals surface area contributed by atoms with Crippen molar-refractivity contribution in [3.63, 3.8) is 0 Å². The summed E-state index contributed by atoms with van der Waals surface area (Å²) in [5.74, 6) is 1.17. The number of imidazole rings is 1. The Morgan fingerprint density at radius 2 is 1.77 bits per heavy atom. The van der Waals surface area contributed by atoms with Gasteiger partial charge in [-0.05, 0) is 55.2 Å². The fourth-order valence-corrected chi connectivity index (χ4v) is 5.22. The minimum atomic E-state index is 0.0804. The molecule has 8 nitrogen and oxygen atoms in total. The van der Waals surface area contributed by atoms with Gasteiger partial charge in [-0.25, -0.2) is 4.98 Å². The van der Waals surface area contributed by atoms with Crippen LogP contribution in [0.15, 0.2) is 72.8 Å². The SMILES string of the molecule is CN(C(=O)CN1CCC(Nc2ccccc2)CC1)c1ccc2c(c1)nc(CCc1ccc(C(=N)N)cc1)n2C. The molecule has 0 atom stereocenters. The fraction of sp³-hybridized carbons (Fsp3) is 0.323. The lowest BCUT2D eigenvalue weighted by atomic mass is 10.0. The molecule has 1 fully saturated rings. The summed E-state index contributed by atoms with van der Waals surface area (Å²) in [6.07, 6.45) is 3.69. The van der Waals surface area contributed by atoms with Gasteiger partial charge in [-0.2, -0.15) is 0 Å². The van der Waals surface area contributed by atoms with Crippen LogP contribution >= 0.6 is 0 Å². The van der Waals surface area contributed by atoms with Crippen LogP contribution in [-0.4, -0.2) is 58.9 Å². The van der Waals surface area contributed by atoms with Gasteiger partial charge in [-0.15, -0.1) is 0 Å². The number of aryl methyl sites for hydroxylation is 3. The molecule has 1 saturated heterocycles. The number of benzene rings is 3. The van der Waals surface area contributed by atoms with Gasteiger partial charge in [0.2, 0.25) is 5.91 Å². The summed E-state index contributed by atoms with van der Waals surface area (Å²) in [6.45, 7) is 2.23. The zero-order valence-electron chi connectivity index (χ0n) is 22.7. The number of hydrogen-bond donors (Lipinski definition) is 3. The lowest BCUT2D eigenvalue weighted by Gasteiger charge is -2.33. The summed E-state index contributed by atoms with van der Waals surface area (Å²) in [5.41, 5.74) is 11.4. The van der Waals surface area contributed by atoms with Gasteiger partial charge in [-0.3, -0.25) is 15.1 Å². The van der Waals surface area contributed by atoms with Crippen LogP contribution in [0.4, 0.5) is 11.4 Å². The number of nitrogen functional groups attached to an aromatic ring is 1. The number of aromatic nitrogens is 2. The number of amidine groups is 1. The van der Waals surface area contributed by atoms with Gasteiger partial charge < -0.3 is 20.5 Å². The Bertz CT molecular complexity index is 1440. The van der Waals surface area contributed by atoms with Crippen molar-refractivity contribution in [1.82, 2.24) is 14.5 Å². The summed E-state index contributed by atoms with van der Waals surface area (Å²) >= 11 is 0. The highest BCUT2D eigenvalue weighted by atomic mass is 16.2. The van der Waals surface area contributed by atoms with Crippen LogP contribution in [0.2, 0.25) is 0 Å². The molecule has 5 rings (SSSR count). The van der Waals surface area contributed by atoms with E-state index in [0.717, 1.165) is 72.6 Å². The van der Waals surface area contributed by atoms with E-state index < -0.39 is 0 Å². The molecule has 0 spiro atoms. The maximum absolute atomic E-state index is 13.1. The number of nitrogens with two attached hydrogens (primary N) is 1. The van der Waals surface area contributed by atoms with Crippen LogP contribution in [-0.2, 0) is 24.7 Å². The number of carbonyl (C=O) groups is 1. The topological polar surface area (TPSA) is 103 Å². The first kappa shape index (κ1) is 26.4. The molecule has 0 radical (unpaired) electrons. The van der Waals surface area contributed by atoms with Gasteiger partial charge in [0.05, 0.1) is 17.6 Å². The van der Waals surface area contributed by atoms with E-state index in [1.165, 1.54) is 5.56 Å². The van der Waals surface area contributed by atoms with Crippen LogP contribution in [0.25, 0.3) is 11.0 Å². The van der Waals surface area contributed by atoms with Crippen LogP contribution < -0.4 is 16.0 Å². The standard InChI is InChI=1S/C31H37N7O/c1-36(30(39)21-38-18-16-25(17-19-38)34-24-6-4-3-5-7-24)26-13-14-28-27(20-26)35-29(37(28)2)15-10-22-8-11-23(12-9-22)31(32)33/h3-9,11-14,20,25,34H,10,15-19,21H2,1-2H3,(H3,32,33). The zero-order valence-corrected chi connectivity index (χ0v) is 22.7. The van der Waals surface area contributed by atoms with E-state index in [2.05, 4.69) is 26.9 Å². The number of amides is 1. The predicted molar refractivity (Wildman–Crippen MR) is 159 cm³/mol. The Kier molecular flexibility index (Phi) is 7.93. The summed E-state index contributed by atoms with van der Waals surface area (Å²) in [5, 5.41) is 11.2. The van der Waals surface area contributed by atoms with Gasteiger partial charge in [-0.1, -0.05) is 42.5 Å². The van der Waals surface area contributed by atoms with E-state index in [-0.39, 0.29) is 11.7 Å². The Balaban J connectivity index is 1.17. The second kappa shape index (κ2) is 11.7. The maximum Gasteiger partial charge on any atom is 0.240 e. The van der Waals surface area contributed by atoms with Crippen molar-refractivity contribution in [2.24, 2.45) is 12.8 Å². The van der Waals surface area contributed by atoms with Gasteiger partial charge in [0.1, 0.15) is 11.7 Å². The lowest BCUT2D eigenvalue weighted by molar-refractivity contribution is -0.119. The van der Waals surface area contributed by atoms with Gasteiger partial charge in [0.15, 0.2) is 0 Å². The first-order chi connectivity index (χ1) is 18.9. The van der Waals surface area contributed by atoms with Crippen molar-refractivity contribution in [1.29, 1.82) is 5.41 Å². The Morgan fingerprint density at radius 1 is 1.05 bits per heavy atom. The third kappa shape index (κ3) is 6.29. The molecule has 3 aromatic carbocycles. The second-order valence-corrected chi connectivity index (χ2v) is 10.4. The Hall–Kier alpha value is -4.17. The molecule has 0 aliphatic carbocycles. The minimum Gasteiger partial charge on any atom is -0.384 e. The van der Waals surface area contributed by atoms with Gasteiger partial charge in [0.25, 0.3) is 0 Å². The van der Waals surface area contributed by atoms with E-state index in [1.54, 1.807) is 4.90 Å². The van der Waals surface area contributed by atoms with Gasteiger partial charge in [0, 0.05) is 56.6 Å². The van der Waals surface area contributed by atoms with Crippen LogP contribution in [0.5, 0.6) is 0 Å². The third-order valence-corrected chi connectivity index (χ3v) is 7.71. The number of nitrogens with zero attached hydrogens (tertiary/aromatic N) is 4. The quantitative estimate of drug-likeness (QED) is 0.226. The van der Waals surface area contributed by atoms with Crippen LogP contribution in [0.3, 0.4) is 0 Å². The van der Waals surface area contributed by atoms with E-state index in [4.69, 9.17) is 16.1 Å². The number of likely N-dealkylation sites (tertiary alicyclic amines) is 1. The molecule has 1 amide bonds. The summed E-state index contributed by atoms with van der Waals surface area (Å²) in [6, 6.07) is 24.6. The van der Waals surface area contributed by atoms with Gasteiger partial charge >= 0.3 is 0 Å². The molecule has 4 N–H and O–H groups in total. The Labute approximate surface area is 229 Å². The first-order valence-electron chi connectivity index (χ1n) is 13.6. The number of likely N-dealkylation sites (N-methyl/N-ethyl adjacent to an activating group) is 1. The van der Waals surface area contributed by atoms with Crippen molar-refractivity contribution < 1.29 is 4.79 Å². The molecular formula is C31H37N7O. The lowest BCUT2D eigenvalue weighted by Crippen LogP contribution is -2.44. The van der Waals surface area contributed by atoms with Crippen molar-refractivity contribution in [3.05, 3.63) is 89.7 Å². The molecule has 8 heteroatoms. The molecule has 1 aliphatic rings. The molecule has 202 valence electrons. The fourth-order valence-electron chi connectivity index (χ4n) is 5.22. The molecule has 4 aromatic rings. The summed E-state index contributed by atoms with van der Waals surface area (Å²) in [7, 11) is 3.89. The smallest absolute Gasteiger partial charge is 0.240 e. The third-order valence-electron chi connectivity index (χ3n) is 7.71. The second-order valence-electron chi connectivity index (χ2n) is 10.4. The maximum atomic E-state index is 13.1.